The number of methoxy groups -OCH3 is 1. The summed E-state index contributed by atoms with van der Waals surface area (Å²) in [7, 11) is -2.41. The summed E-state index contributed by atoms with van der Waals surface area (Å²) in [4.78, 5) is 11.8. The lowest BCUT2D eigenvalue weighted by Gasteiger charge is -2.14. The van der Waals surface area contributed by atoms with Gasteiger partial charge in [-0.1, -0.05) is 0 Å². The van der Waals surface area contributed by atoms with E-state index >= 15 is 0 Å². The lowest BCUT2D eigenvalue weighted by molar-refractivity contribution is -0.142. The van der Waals surface area contributed by atoms with E-state index < -0.39 is 21.1 Å². The van der Waals surface area contributed by atoms with Gasteiger partial charge >= 0.3 is 5.97 Å². The van der Waals surface area contributed by atoms with Gasteiger partial charge in [0, 0.05) is 6.42 Å². The highest BCUT2D eigenvalue weighted by Gasteiger charge is 2.34. The molecule has 1 aromatic carbocycles. The van der Waals surface area contributed by atoms with Gasteiger partial charge in [-0.25, -0.2) is 8.42 Å². The Hall–Kier alpha value is -2.00. The molecule has 1 rings (SSSR count). The third-order valence-electron chi connectivity index (χ3n) is 2.62. The van der Waals surface area contributed by atoms with Crippen LogP contribution in [0.3, 0.4) is 0 Å². The molecule has 1 atom stereocenters. The normalized spacial score (nSPS) is 12.2. The minimum Gasteiger partial charge on any atom is -0.497 e. The van der Waals surface area contributed by atoms with Crippen molar-refractivity contribution in [1.29, 1.82) is 0 Å². The zero-order valence-electron chi connectivity index (χ0n) is 11.3. The second-order valence-corrected chi connectivity index (χ2v) is 6.00. The Morgan fingerprint density at radius 3 is 2.40 bits per heavy atom. The van der Waals surface area contributed by atoms with Crippen molar-refractivity contribution in [2.45, 2.75) is 23.5 Å². The second-order valence-electron chi connectivity index (χ2n) is 3.87. The van der Waals surface area contributed by atoms with Crippen LogP contribution in [0.1, 0.15) is 13.3 Å². The molecule has 108 valence electrons. The number of hydrogen-bond acceptors (Lipinski definition) is 5. The molecule has 6 heteroatoms. The summed E-state index contributed by atoms with van der Waals surface area (Å²) < 4.78 is 34.5. The fraction of sp³-hybridized carbons (Fsp3) is 0.357. The van der Waals surface area contributed by atoms with Crippen LogP contribution in [-0.4, -0.2) is 33.4 Å². The molecule has 0 saturated heterocycles. The van der Waals surface area contributed by atoms with E-state index in [4.69, 9.17) is 15.9 Å². The average Bonchev–Trinajstić information content (AvgIpc) is 2.44. The number of sulfone groups is 1. The summed E-state index contributed by atoms with van der Waals surface area (Å²) in [5.41, 5.74) is 0. The van der Waals surface area contributed by atoms with Crippen LogP contribution >= 0.6 is 0 Å². The highest BCUT2D eigenvalue weighted by molar-refractivity contribution is 7.92. The van der Waals surface area contributed by atoms with E-state index in [1.807, 2.05) is 0 Å². The maximum absolute atomic E-state index is 12.4. The maximum atomic E-state index is 12.4. The SMILES string of the molecule is C#CCC(C(=O)OCC)S(=O)(=O)c1ccc(OC)cc1. The second kappa shape index (κ2) is 6.96. The van der Waals surface area contributed by atoms with E-state index in [2.05, 4.69) is 5.92 Å². The molecule has 0 saturated carbocycles. The van der Waals surface area contributed by atoms with Gasteiger partial charge < -0.3 is 9.47 Å². The van der Waals surface area contributed by atoms with Crippen LogP contribution in [0.5, 0.6) is 5.75 Å². The Balaban J connectivity index is 3.15. The Morgan fingerprint density at radius 1 is 1.35 bits per heavy atom. The number of carbonyl (C=O) groups is 1. The maximum Gasteiger partial charge on any atom is 0.325 e. The first kappa shape index (κ1) is 16.1. The van der Waals surface area contributed by atoms with Crippen LogP contribution in [-0.2, 0) is 19.4 Å². The van der Waals surface area contributed by atoms with Gasteiger partial charge in [0.15, 0.2) is 15.1 Å². The van der Waals surface area contributed by atoms with E-state index in [0.29, 0.717) is 5.75 Å². The number of hydrogen-bond donors (Lipinski definition) is 0. The first-order chi connectivity index (χ1) is 9.47. The molecule has 0 N–H and O–H groups in total. The molecule has 0 aliphatic rings. The predicted octanol–water partition coefficient (Wildman–Crippen LogP) is 1.42. The number of rotatable bonds is 6. The third kappa shape index (κ3) is 3.52. The van der Waals surface area contributed by atoms with Gasteiger partial charge in [-0.15, -0.1) is 12.3 Å². The van der Waals surface area contributed by atoms with Crippen molar-refractivity contribution in [2.75, 3.05) is 13.7 Å². The van der Waals surface area contributed by atoms with Crippen LogP contribution in [0, 0.1) is 12.3 Å². The van der Waals surface area contributed by atoms with E-state index in [1.165, 1.54) is 31.4 Å². The average molecular weight is 296 g/mol. The quantitative estimate of drug-likeness (QED) is 0.586. The lowest BCUT2D eigenvalue weighted by atomic mass is 10.3. The van der Waals surface area contributed by atoms with Crippen molar-refractivity contribution in [3.05, 3.63) is 24.3 Å². The molecule has 0 aliphatic heterocycles. The summed E-state index contributed by atoms with van der Waals surface area (Å²) in [6.07, 6.45) is 4.91. The van der Waals surface area contributed by atoms with Crippen LogP contribution in [0.25, 0.3) is 0 Å². The zero-order chi connectivity index (χ0) is 15.2. The largest absolute Gasteiger partial charge is 0.497 e. The first-order valence-electron chi connectivity index (χ1n) is 5.95. The Kier molecular flexibility index (Phi) is 5.59. The fourth-order valence-corrected chi connectivity index (χ4v) is 3.07. The molecule has 1 aromatic rings. The summed E-state index contributed by atoms with van der Waals surface area (Å²) >= 11 is 0. The summed E-state index contributed by atoms with van der Waals surface area (Å²) in [6.45, 7) is 1.70. The van der Waals surface area contributed by atoms with E-state index in [9.17, 15) is 13.2 Å². The van der Waals surface area contributed by atoms with Gasteiger partial charge in [-0.05, 0) is 31.2 Å². The molecule has 1 unspecified atom stereocenters. The summed E-state index contributed by atoms with van der Waals surface area (Å²) in [6, 6.07) is 5.75. The minimum atomic E-state index is -3.88. The van der Waals surface area contributed by atoms with Gasteiger partial charge in [-0.3, -0.25) is 4.79 Å². The lowest BCUT2D eigenvalue weighted by Crippen LogP contribution is -2.32. The molecule has 0 bridgehead atoms. The summed E-state index contributed by atoms with van der Waals surface area (Å²) in [5.74, 6) is 1.89. The number of benzene rings is 1. The Morgan fingerprint density at radius 2 is 1.95 bits per heavy atom. The van der Waals surface area contributed by atoms with Gasteiger partial charge in [0.1, 0.15) is 5.75 Å². The van der Waals surface area contributed by atoms with Crippen LogP contribution in [0.4, 0.5) is 0 Å². The van der Waals surface area contributed by atoms with Gasteiger partial charge in [0.05, 0.1) is 18.6 Å². The van der Waals surface area contributed by atoms with Crippen molar-refractivity contribution in [1.82, 2.24) is 0 Å². The number of carbonyl (C=O) groups excluding carboxylic acids is 1. The first-order valence-corrected chi connectivity index (χ1v) is 7.50. The predicted molar refractivity (Wildman–Crippen MR) is 74.1 cm³/mol. The molecule has 20 heavy (non-hydrogen) atoms. The molecule has 0 amide bonds. The molecule has 5 nitrogen and oxygen atoms in total. The molecular weight excluding hydrogens is 280 g/mol. The fourth-order valence-electron chi connectivity index (χ4n) is 1.59. The van der Waals surface area contributed by atoms with Crippen LogP contribution < -0.4 is 4.74 Å². The van der Waals surface area contributed by atoms with Crippen molar-refractivity contribution >= 4 is 15.8 Å². The van der Waals surface area contributed by atoms with Crippen LogP contribution in [0.2, 0.25) is 0 Å². The van der Waals surface area contributed by atoms with E-state index in [-0.39, 0.29) is 17.9 Å². The number of terminal acetylenes is 1. The molecule has 0 radical (unpaired) electrons. The third-order valence-corrected chi connectivity index (χ3v) is 4.65. The van der Waals surface area contributed by atoms with Crippen molar-refractivity contribution in [2.24, 2.45) is 0 Å². The van der Waals surface area contributed by atoms with Gasteiger partial charge in [-0.2, -0.15) is 0 Å². The Bertz CT molecular complexity index is 595. The van der Waals surface area contributed by atoms with Gasteiger partial charge in [0.2, 0.25) is 0 Å². The highest BCUT2D eigenvalue weighted by Crippen LogP contribution is 2.22. The minimum absolute atomic E-state index is 0.00611. The van der Waals surface area contributed by atoms with Crippen LogP contribution in [0.15, 0.2) is 29.2 Å². The molecule has 0 aliphatic carbocycles. The van der Waals surface area contributed by atoms with Crippen molar-refractivity contribution in [3.8, 4) is 18.1 Å². The number of ether oxygens (including phenoxy) is 2. The van der Waals surface area contributed by atoms with E-state index in [0.717, 1.165) is 0 Å². The summed E-state index contributed by atoms with van der Waals surface area (Å²) in [5, 5.41) is -1.39. The topological polar surface area (TPSA) is 69.7 Å². The highest BCUT2D eigenvalue weighted by atomic mass is 32.2. The molecule has 0 fully saturated rings. The monoisotopic (exact) mass is 296 g/mol. The van der Waals surface area contributed by atoms with Crippen molar-refractivity contribution < 1.29 is 22.7 Å². The smallest absolute Gasteiger partial charge is 0.325 e. The molecule has 0 heterocycles. The number of esters is 1. The molecule has 0 spiro atoms. The molecular formula is C14H16O5S. The van der Waals surface area contributed by atoms with Gasteiger partial charge in [0.25, 0.3) is 0 Å². The zero-order valence-corrected chi connectivity index (χ0v) is 12.1. The standard InChI is InChI=1S/C14H16O5S/c1-4-6-13(14(15)19-5-2)20(16,17)12-9-7-11(18-3)8-10-12/h1,7-10,13H,5-6H2,2-3H3. The molecule has 0 aromatic heterocycles. The Labute approximate surface area is 118 Å². The van der Waals surface area contributed by atoms with Crippen molar-refractivity contribution in [3.63, 3.8) is 0 Å². The van der Waals surface area contributed by atoms with E-state index in [1.54, 1.807) is 6.92 Å².